The molecule has 1 N–H and O–H groups in total. The first-order valence-electron chi connectivity index (χ1n) is 9.77. The molecule has 4 rings (SSSR count). The van der Waals surface area contributed by atoms with Crippen molar-refractivity contribution >= 4 is 50.5 Å². The lowest BCUT2D eigenvalue weighted by Crippen LogP contribution is -2.45. The average Bonchev–Trinajstić information content (AvgIpc) is 3.08. The predicted octanol–water partition coefficient (Wildman–Crippen LogP) is 4.22. The molecule has 0 aliphatic carbocycles. The van der Waals surface area contributed by atoms with E-state index in [0.29, 0.717) is 60.4 Å². The molecule has 2 heterocycles. The van der Waals surface area contributed by atoms with Crippen LogP contribution in [0, 0.1) is 0 Å². The first-order valence-corrected chi connectivity index (χ1v) is 12.1. The molecule has 0 unspecified atom stereocenters. The van der Waals surface area contributed by atoms with Gasteiger partial charge in [-0.1, -0.05) is 29.3 Å². The largest absolute Gasteiger partial charge is 0.381 e. The van der Waals surface area contributed by atoms with Gasteiger partial charge in [-0.05, 0) is 61.2 Å². The van der Waals surface area contributed by atoms with Crippen LogP contribution < -0.4 is 9.62 Å². The highest BCUT2D eigenvalue weighted by Crippen LogP contribution is 2.40. The van der Waals surface area contributed by atoms with Crippen molar-refractivity contribution in [3.63, 3.8) is 0 Å². The van der Waals surface area contributed by atoms with Crippen molar-refractivity contribution in [3.05, 3.63) is 58.1 Å². The highest BCUT2D eigenvalue weighted by Gasteiger charge is 2.43. The lowest BCUT2D eigenvalue weighted by molar-refractivity contribution is -0.125. The Bertz CT molecular complexity index is 1050. The lowest BCUT2D eigenvalue weighted by atomic mass is 9.73. The third kappa shape index (κ3) is 4.04. The van der Waals surface area contributed by atoms with Crippen molar-refractivity contribution in [2.75, 3.05) is 35.1 Å². The molecule has 2 aromatic carbocycles. The van der Waals surface area contributed by atoms with Gasteiger partial charge in [0.15, 0.2) is 0 Å². The number of anilines is 2. The van der Waals surface area contributed by atoms with Gasteiger partial charge in [-0.3, -0.25) is 9.10 Å². The molecule has 1 amide bonds. The SMILES string of the molecule is O=C(Nc1ccc(N2CCCS2(=O)=O)cc1)C1(c2ccc(Cl)cc2Cl)CCOCC1. The van der Waals surface area contributed by atoms with Crippen LogP contribution in [-0.4, -0.2) is 39.8 Å². The highest BCUT2D eigenvalue weighted by molar-refractivity contribution is 7.93. The van der Waals surface area contributed by atoms with E-state index in [4.69, 9.17) is 27.9 Å². The Labute approximate surface area is 186 Å². The summed E-state index contributed by atoms with van der Waals surface area (Å²) in [7, 11) is -3.24. The number of amides is 1. The molecule has 2 saturated heterocycles. The summed E-state index contributed by atoms with van der Waals surface area (Å²) in [6.07, 6.45) is 1.63. The van der Waals surface area contributed by atoms with E-state index < -0.39 is 15.4 Å². The predicted molar refractivity (Wildman–Crippen MR) is 119 cm³/mol. The zero-order valence-electron chi connectivity index (χ0n) is 16.2. The lowest BCUT2D eigenvalue weighted by Gasteiger charge is -2.36. The van der Waals surface area contributed by atoms with Gasteiger partial charge in [0.05, 0.1) is 16.9 Å². The highest BCUT2D eigenvalue weighted by atomic mass is 35.5. The Morgan fingerprint density at radius 2 is 1.77 bits per heavy atom. The van der Waals surface area contributed by atoms with Gasteiger partial charge in [-0.2, -0.15) is 0 Å². The molecule has 0 aromatic heterocycles. The second-order valence-corrected chi connectivity index (χ2v) is 10.4. The quantitative estimate of drug-likeness (QED) is 0.728. The number of hydrogen-bond donors (Lipinski definition) is 1. The fraction of sp³-hybridized carbons (Fsp3) is 0.381. The molecule has 2 aromatic rings. The van der Waals surface area contributed by atoms with E-state index in [1.165, 1.54) is 4.31 Å². The summed E-state index contributed by atoms with van der Waals surface area (Å²) in [5.74, 6) is -0.00523. The van der Waals surface area contributed by atoms with E-state index in [0.717, 1.165) is 5.56 Å². The molecule has 0 radical (unpaired) electrons. The third-order valence-electron chi connectivity index (χ3n) is 5.74. The van der Waals surface area contributed by atoms with Crippen molar-refractivity contribution in [1.29, 1.82) is 0 Å². The molecule has 0 bridgehead atoms. The molecular weight excluding hydrogens is 447 g/mol. The first kappa shape index (κ1) is 21.4. The summed E-state index contributed by atoms with van der Waals surface area (Å²) >= 11 is 12.5. The second-order valence-electron chi connectivity index (χ2n) is 7.56. The van der Waals surface area contributed by atoms with Crippen molar-refractivity contribution in [3.8, 4) is 0 Å². The standard InChI is InChI=1S/C21H22Cl2N2O4S/c22-15-2-7-18(19(23)14-15)21(8-11-29-12-9-21)20(26)24-16-3-5-17(6-4-16)25-10-1-13-30(25,27)28/h2-7,14H,1,8-13H2,(H,24,26). The Morgan fingerprint density at radius 1 is 1.07 bits per heavy atom. The van der Waals surface area contributed by atoms with E-state index in [1.807, 2.05) is 0 Å². The van der Waals surface area contributed by atoms with Crippen LogP contribution in [0.4, 0.5) is 11.4 Å². The van der Waals surface area contributed by atoms with Crippen molar-refractivity contribution in [2.45, 2.75) is 24.7 Å². The van der Waals surface area contributed by atoms with E-state index in [2.05, 4.69) is 5.32 Å². The molecule has 0 saturated carbocycles. The van der Waals surface area contributed by atoms with Gasteiger partial charge in [-0.25, -0.2) is 8.42 Å². The Morgan fingerprint density at radius 3 is 2.37 bits per heavy atom. The number of carbonyl (C=O) groups excluding carboxylic acids is 1. The summed E-state index contributed by atoms with van der Waals surface area (Å²) in [6, 6.07) is 12.0. The van der Waals surface area contributed by atoms with Crippen molar-refractivity contribution in [2.24, 2.45) is 0 Å². The van der Waals surface area contributed by atoms with Crippen LogP contribution in [0.2, 0.25) is 10.0 Å². The topological polar surface area (TPSA) is 75.7 Å². The molecule has 2 aliphatic rings. The van der Waals surface area contributed by atoms with Gasteiger partial charge in [0.25, 0.3) is 0 Å². The molecule has 0 spiro atoms. The molecular formula is C21H22Cl2N2O4S. The summed E-state index contributed by atoms with van der Waals surface area (Å²) < 4.78 is 31.1. The van der Waals surface area contributed by atoms with E-state index in [-0.39, 0.29) is 11.7 Å². The van der Waals surface area contributed by atoms with Crippen LogP contribution in [0.3, 0.4) is 0 Å². The van der Waals surface area contributed by atoms with E-state index in [1.54, 1.807) is 42.5 Å². The number of rotatable bonds is 4. The summed E-state index contributed by atoms with van der Waals surface area (Å²) in [5.41, 5.74) is 1.11. The number of nitrogens with one attached hydrogen (secondary N) is 1. The molecule has 6 nitrogen and oxygen atoms in total. The maximum Gasteiger partial charge on any atom is 0.235 e. The normalized spacial score (nSPS) is 20.1. The Balaban J connectivity index is 1.59. The van der Waals surface area contributed by atoms with Gasteiger partial charge in [0.2, 0.25) is 15.9 Å². The van der Waals surface area contributed by atoms with Crippen LogP contribution in [0.15, 0.2) is 42.5 Å². The Hall–Kier alpha value is -1.80. The summed E-state index contributed by atoms with van der Waals surface area (Å²) in [4.78, 5) is 13.4. The fourth-order valence-corrected chi connectivity index (χ4v) is 6.26. The molecule has 2 fully saturated rings. The van der Waals surface area contributed by atoms with Gasteiger partial charge in [0.1, 0.15) is 0 Å². The smallest absolute Gasteiger partial charge is 0.235 e. The van der Waals surface area contributed by atoms with Gasteiger partial charge in [0, 0.05) is 35.5 Å². The molecule has 160 valence electrons. The Kier molecular flexibility index (Phi) is 5.99. The zero-order chi connectivity index (χ0) is 21.4. The first-order chi connectivity index (χ1) is 14.3. The second kappa shape index (κ2) is 8.38. The van der Waals surface area contributed by atoms with Crippen LogP contribution in [0.25, 0.3) is 0 Å². The number of hydrogen-bond acceptors (Lipinski definition) is 4. The van der Waals surface area contributed by atoms with Crippen LogP contribution in [0.5, 0.6) is 0 Å². The molecule has 2 aliphatic heterocycles. The maximum absolute atomic E-state index is 13.4. The van der Waals surface area contributed by atoms with Crippen LogP contribution in [-0.2, 0) is 25.0 Å². The minimum atomic E-state index is -3.24. The number of sulfonamides is 1. The summed E-state index contributed by atoms with van der Waals surface area (Å²) in [5, 5.41) is 3.94. The molecule has 9 heteroatoms. The van der Waals surface area contributed by atoms with E-state index in [9.17, 15) is 13.2 Å². The van der Waals surface area contributed by atoms with Crippen molar-refractivity contribution in [1.82, 2.24) is 0 Å². The monoisotopic (exact) mass is 468 g/mol. The molecule has 0 atom stereocenters. The maximum atomic E-state index is 13.4. The minimum Gasteiger partial charge on any atom is -0.381 e. The molecule has 30 heavy (non-hydrogen) atoms. The summed E-state index contributed by atoms with van der Waals surface area (Å²) in [6.45, 7) is 1.39. The van der Waals surface area contributed by atoms with Gasteiger partial charge in [-0.15, -0.1) is 0 Å². The number of ether oxygens (including phenoxy) is 1. The number of halogens is 2. The van der Waals surface area contributed by atoms with Crippen LogP contribution in [0.1, 0.15) is 24.8 Å². The van der Waals surface area contributed by atoms with Crippen molar-refractivity contribution < 1.29 is 17.9 Å². The van der Waals surface area contributed by atoms with Crippen LogP contribution >= 0.6 is 23.2 Å². The third-order valence-corrected chi connectivity index (χ3v) is 8.16. The number of carbonyl (C=O) groups is 1. The number of benzene rings is 2. The number of nitrogens with zero attached hydrogens (tertiary/aromatic N) is 1. The van der Waals surface area contributed by atoms with Gasteiger partial charge >= 0.3 is 0 Å². The fourth-order valence-electron chi connectivity index (χ4n) is 4.11. The van der Waals surface area contributed by atoms with Gasteiger partial charge < -0.3 is 10.1 Å². The zero-order valence-corrected chi connectivity index (χ0v) is 18.6. The van der Waals surface area contributed by atoms with E-state index >= 15 is 0 Å². The minimum absolute atomic E-state index is 0.165. The average molecular weight is 469 g/mol.